The summed E-state index contributed by atoms with van der Waals surface area (Å²) in [4.78, 5) is 27.6. The predicted molar refractivity (Wildman–Crippen MR) is 122 cm³/mol. The Morgan fingerprint density at radius 1 is 1.39 bits per heavy atom. The zero-order valence-electron chi connectivity index (χ0n) is 17.5. The molecular formula is C21H25N5O3S2. The molecule has 0 aliphatic carbocycles. The first-order valence-electron chi connectivity index (χ1n) is 9.81. The van der Waals surface area contributed by atoms with Crippen LogP contribution < -0.4 is 5.32 Å². The Hall–Kier alpha value is -2.85. The van der Waals surface area contributed by atoms with Crippen LogP contribution in [0.2, 0.25) is 0 Å². The van der Waals surface area contributed by atoms with Crippen molar-refractivity contribution in [2.24, 2.45) is 0 Å². The molecule has 0 fully saturated rings. The lowest BCUT2D eigenvalue weighted by atomic mass is 10.2. The minimum Gasteiger partial charge on any atom is -0.469 e. The minimum absolute atomic E-state index is 0.0279. The number of nitrogens with zero attached hydrogens (tertiary/aromatic N) is 4. The van der Waals surface area contributed by atoms with Gasteiger partial charge in [0.15, 0.2) is 11.0 Å². The lowest BCUT2D eigenvalue weighted by Crippen LogP contribution is -2.41. The number of aromatic nitrogens is 3. The Morgan fingerprint density at radius 2 is 2.23 bits per heavy atom. The van der Waals surface area contributed by atoms with Gasteiger partial charge in [-0.05, 0) is 31.4 Å². The van der Waals surface area contributed by atoms with Gasteiger partial charge in [-0.25, -0.2) is 0 Å². The molecule has 0 atom stereocenters. The van der Waals surface area contributed by atoms with Crippen LogP contribution in [0.15, 0.2) is 52.1 Å². The van der Waals surface area contributed by atoms with Crippen molar-refractivity contribution in [1.82, 2.24) is 25.0 Å². The smallest absolute Gasteiger partial charge is 0.239 e. The van der Waals surface area contributed by atoms with Crippen molar-refractivity contribution < 1.29 is 14.0 Å². The van der Waals surface area contributed by atoms with E-state index < -0.39 is 0 Å². The van der Waals surface area contributed by atoms with Gasteiger partial charge in [0.1, 0.15) is 5.76 Å². The summed E-state index contributed by atoms with van der Waals surface area (Å²) in [6.45, 7) is 8.97. The molecule has 0 saturated heterocycles. The molecule has 3 aromatic heterocycles. The van der Waals surface area contributed by atoms with Gasteiger partial charge in [-0.2, -0.15) is 0 Å². The molecule has 0 unspecified atom stereocenters. The summed E-state index contributed by atoms with van der Waals surface area (Å²) in [5, 5.41) is 13.9. The molecule has 2 amide bonds. The fraction of sp³-hybridized carbons (Fsp3) is 0.333. The van der Waals surface area contributed by atoms with Gasteiger partial charge in [-0.1, -0.05) is 23.9 Å². The summed E-state index contributed by atoms with van der Waals surface area (Å²) >= 11 is 2.87. The Labute approximate surface area is 189 Å². The SMILES string of the molecule is C=CCn1c(SCC(=O)N(CC)CC(=O)NCc2cccs2)nnc1-c1ccoc1C. The van der Waals surface area contributed by atoms with Crippen LogP contribution in [0.3, 0.4) is 0 Å². The zero-order valence-corrected chi connectivity index (χ0v) is 19.2. The topological polar surface area (TPSA) is 93.3 Å². The molecule has 1 N–H and O–H groups in total. The molecule has 8 nitrogen and oxygen atoms in total. The quantitative estimate of drug-likeness (QED) is 0.349. The van der Waals surface area contributed by atoms with E-state index >= 15 is 0 Å². The van der Waals surface area contributed by atoms with E-state index in [1.165, 1.54) is 16.7 Å². The lowest BCUT2D eigenvalue weighted by Gasteiger charge is -2.20. The molecule has 0 aliphatic rings. The molecule has 164 valence electrons. The van der Waals surface area contributed by atoms with Crippen molar-refractivity contribution in [2.75, 3.05) is 18.8 Å². The van der Waals surface area contributed by atoms with Crippen LogP contribution in [-0.4, -0.2) is 50.3 Å². The first kappa shape index (κ1) is 22.8. The summed E-state index contributed by atoms with van der Waals surface area (Å²) < 4.78 is 7.27. The summed E-state index contributed by atoms with van der Waals surface area (Å²) in [7, 11) is 0. The molecule has 10 heteroatoms. The van der Waals surface area contributed by atoms with Gasteiger partial charge in [0.05, 0.1) is 30.7 Å². The van der Waals surface area contributed by atoms with Crippen molar-refractivity contribution in [2.45, 2.75) is 32.1 Å². The zero-order chi connectivity index (χ0) is 22.2. The molecule has 0 aromatic carbocycles. The number of furan rings is 1. The van der Waals surface area contributed by atoms with Crippen molar-refractivity contribution in [1.29, 1.82) is 0 Å². The third-order valence-corrected chi connectivity index (χ3v) is 6.39. The van der Waals surface area contributed by atoms with Crippen LogP contribution in [0.1, 0.15) is 17.6 Å². The highest BCUT2D eigenvalue weighted by Gasteiger charge is 2.20. The number of thioether (sulfide) groups is 1. The second-order valence-electron chi connectivity index (χ2n) is 6.65. The third-order valence-electron chi connectivity index (χ3n) is 4.56. The molecular weight excluding hydrogens is 434 g/mol. The van der Waals surface area contributed by atoms with E-state index in [1.54, 1.807) is 23.7 Å². The van der Waals surface area contributed by atoms with Crippen LogP contribution in [0, 0.1) is 6.92 Å². The lowest BCUT2D eigenvalue weighted by molar-refractivity contribution is -0.133. The Balaban J connectivity index is 1.59. The maximum Gasteiger partial charge on any atom is 0.239 e. The highest BCUT2D eigenvalue weighted by Crippen LogP contribution is 2.27. The Bertz CT molecular complexity index is 1030. The summed E-state index contributed by atoms with van der Waals surface area (Å²) in [6.07, 6.45) is 3.36. The molecule has 3 aromatic rings. The molecule has 0 spiro atoms. The molecule has 31 heavy (non-hydrogen) atoms. The standard InChI is InChI=1S/C21H25N5O3S2/c1-4-9-26-20(17-8-10-29-15(17)3)23-24-21(26)31-14-19(28)25(5-2)13-18(27)22-12-16-7-6-11-30-16/h4,6-8,10-11H,1,5,9,12-14H2,2-3H3,(H,22,27). The van der Waals surface area contributed by atoms with E-state index in [4.69, 9.17) is 4.42 Å². The monoisotopic (exact) mass is 459 g/mol. The van der Waals surface area contributed by atoms with Crippen LogP contribution in [-0.2, 0) is 22.7 Å². The van der Waals surface area contributed by atoms with Crippen LogP contribution in [0.5, 0.6) is 0 Å². The summed E-state index contributed by atoms with van der Waals surface area (Å²) in [5.74, 6) is 1.26. The van der Waals surface area contributed by atoms with Crippen molar-refractivity contribution in [3.05, 3.63) is 53.1 Å². The number of hydrogen-bond donors (Lipinski definition) is 1. The van der Waals surface area contributed by atoms with Gasteiger partial charge in [0, 0.05) is 18.0 Å². The van der Waals surface area contributed by atoms with Gasteiger partial charge in [-0.3, -0.25) is 14.2 Å². The number of rotatable bonds is 11. The number of allylic oxidation sites excluding steroid dienone is 1. The van der Waals surface area contributed by atoms with Gasteiger partial charge in [-0.15, -0.1) is 28.1 Å². The summed E-state index contributed by atoms with van der Waals surface area (Å²) in [5.41, 5.74) is 0.852. The number of thiophene rings is 1. The Kier molecular flexibility index (Phi) is 8.07. The van der Waals surface area contributed by atoms with Gasteiger partial charge >= 0.3 is 0 Å². The van der Waals surface area contributed by atoms with E-state index in [0.717, 1.165) is 16.2 Å². The molecule has 0 radical (unpaired) electrons. The normalized spacial score (nSPS) is 10.8. The van der Waals surface area contributed by atoms with E-state index in [0.29, 0.717) is 30.6 Å². The molecule has 3 heterocycles. The number of amides is 2. The van der Waals surface area contributed by atoms with E-state index in [1.807, 2.05) is 42.0 Å². The number of carbonyl (C=O) groups excluding carboxylic acids is 2. The average Bonchev–Trinajstić information content (AvgIpc) is 3.51. The predicted octanol–water partition coefficient (Wildman–Crippen LogP) is 3.35. The van der Waals surface area contributed by atoms with E-state index in [-0.39, 0.29) is 24.1 Å². The maximum atomic E-state index is 12.7. The molecule has 0 saturated carbocycles. The van der Waals surface area contributed by atoms with Gasteiger partial charge in [0.25, 0.3) is 0 Å². The number of carbonyl (C=O) groups is 2. The van der Waals surface area contributed by atoms with E-state index in [2.05, 4.69) is 22.1 Å². The first-order valence-corrected chi connectivity index (χ1v) is 11.7. The van der Waals surface area contributed by atoms with Crippen LogP contribution in [0.25, 0.3) is 11.4 Å². The first-order chi connectivity index (χ1) is 15.0. The summed E-state index contributed by atoms with van der Waals surface area (Å²) in [6, 6.07) is 5.74. The van der Waals surface area contributed by atoms with E-state index in [9.17, 15) is 9.59 Å². The highest BCUT2D eigenvalue weighted by molar-refractivity contribution is 7.99. The largest absolute Gasteiger partial charge is 0.469 e. The number of hydrogen-bond acceptors (Lipinski definition) is 7. The fourth-order valence-corrected chi connectivity index (χ4v) is 4.42. The van der Waals surface area contributed by atoms with Crippen LogP contribution >= 0.6 is 23.1 Å². The van der Waals surface area contributed by atoms with Crippen molar-refractivity contribution in [3.63, 3.8) is 0 Å². The van der Waals surface area contributed by atoms with Crippen molar-refractivity contribution in [3.8, 4) is 11.4 Å². The third kappa shape index (κ3) is 5.86. The van der Waals surface area contributed by atoms with Gasteiger partial charge in [0.2, 0.25) is 11.8 Å². The minimum atomic E-state index is -0.179. The van der Waals surface area contributed by atoms with Crippen molar-refractivity contribution >= 4 is 34.9 Å². The fourth-order valence-electron chi connectivity index (χ4n) is 2.93. The molecule has 0 bridgehead atoms. The number of aryl methyl sites for hydroxylation is 1. The number of nitrogens with one attached hydrogen (secondary N) is 1. The second kappa shape index (κ2) is 11.0. The molecule has 3 rings (SSSR count). The second-order valence-corrected chi connectivity index (χ2v) is 8.62. The van der Waals surface area contributed by atoms with Crippen LogP contribution in [0.4, 0.5) is 0 Å². The Morgan fingerprint density at radius 3 is 2.87 bits per heavy atom. The molecule has 0 aliphatic heterocycles. The number of likely N-dealkylation sites (N-methyl/N-ethyl adjacent to an activating group) is 1. The highest BCUT2D eigenvalue weighted by atomic mass is 32.2. The average molecular weight is 460 g/mol. The maximum absolute atomic E-state index is 12.7. The van der Waals surface area contributed by atoms with Gasteiger partial charge < -0.3 is 14.6 Å².